The number of carbonyl (C=O) groups excluding carboxylic acids is 1. The highest BCUT2D eigenvalue weighted by Gasteiger charge is 2.13. The summed E-state index contributed by atoms with van der Waals surface area (Å²) in [6, 6.07) is -0.280. The fraction of sp³-hybridized carbons (Fsp3) is 0.778. The van der Waals surface area contributed by atoms with E-state index in [0.29, 0.717) is 5.11 Å². The van der Waals surface area contributed by atoms with Gasteiger partial charge >= 0.3 is 0 Å². The van der Waals surface area contributed by atoms with E-state index in [-0.39, 0.29) is 24.0 Å². The lowest BCUT2D eigenvalue weighted by Crippen LogP contribution is -2.52. The van der Waals surface area contributed by atoms with E-state index in [1.165, 1.54) is 0 Å². The third kappa shape index (κ3) is 5.54. The summed E-state index contributed by atoms with van der Waals surface area (Å²) in [6.45, 7) is 5.56. The van der Waals surface area contributed by atoms with E-state index in [9.17, 15) is 4.79 Å². The molecule has 5 N–H and O–H groups in total. The number of amides is 1. The maximum absolute atomic E-state index is 11.2. The van der Waals surface area contributed by atoms with Gasteiger partial charge in [0, 0.05) is 19.1 Å². The Kier molecular flexibility index (Phi) is 6.19. The Hall–Kier alpha value is -0.880. The van der Waals surface area contributed by atoms with Crippen LogP contribution in [0, 0.1) is 0 Å². The first-order chi connectivity index (χ1) is 6.88. The quantitative estimate of drug-likeness (QED) is 0.483. The fourth-order valence-electron chi connectivity index (χ4n) is 0.859. The van der Waals surface area contributed by atoms with Crippen LogP contribution in [0.1, 0.15) is 20.8 Å². The Labute approximate surface area is 96.2 Å². The molecule has 1 amide bonds. The van der Waals surface area contributed by atoms with Crippen LogP contribution in [0.2, 0.25) is 0 Å². The van der Waals surface area contributed by atoms with Gasteiger partial charge in [-0.2, -0.15) is 0 Å². The summed E-state index contributed by atoms with van der Waals surface area (Å²) in [5.41, 5.74) is 5.67. The van der Waals surface area contributed by atoms with Crippen LogP contribution >= 0.6 is 12.2 Å². The van der Waals surface area contributed by atoms with E-state index >= 15 is 0 Å². The van der Waals surface area contributed by atoms with Crippen LogP contribution in [0.25, 0.3) is 0 Å². The van der Waals surface area contributed by atoms with Crippen molar-refractivity contribution in [3.63, 3.8) is 0 Å². The Morgan fingerprint density at radius 2 is 1.80 bits per heavy atom. The summed E-state index contributed by atoms with van der Waals surface area (Å²) in [6.07, 6.45) is 0. The maximum atomic E-state index is 11.2. The molecule has 3 atom stereocenters. The van der Waals surface area contributed by atoms with Crippen LogP contribution < -0.4 is 21.7 Å². The second-order valence-corrected chi connectivity index (χ2v) is 4.01. The summed E-state index contributed by atoms with van der Waals surface area (Å²) in [7, 11) is 1.58. The molecule has 5 nitrogen and oxygen atoms in total. The third-order valence-electron chi connectivity index (χ3n) is 2.13. The van der Waals surface area contributed by atoms with Gasteiger partial charge in [-0.3, -0.25) is 4.79 Å². The zero-order valence-corrected chi connectivity index (χ0v) is 10.4. The highest BCUT2D eigenvalue weighted by molar-refractivity contribution is 7.80. The molecule has 0 heterocycles. The topological polar surface area (TPSA) is 79.2 Å². The van der Waals surface area contributed by atoms with Crippen molar-refractivity contribution in [2.24, 2.45) is 5.73 Å². The van der Waals surface area contributed by atoms with E-state index in [0.717, 1.165) is 0 Å². The van der Waals surface area contributed by atoms with Gasteiger partial charge in [-0.15, -0.1) is 0 Å². The molecule has 0 aromatic carbocycles. The van der Waals surface area contributed by atoms with Crippen molar-refractivity contribution in [1.82, 2.24) is 16.0 Å². The number of carbonyl (C=O) groups is 1. The van der Waals surface area contributed by atoms with E-state index in [4.69, 9.17) is 18.0 Å². The van der Waals surface area contributed by atoms with Crippen molar-refractivity contribution in [2.75, 3.05) is 7.05 Å². The Bertz CT molecular complexity index is 232. The minimum Gasteiger partial charge on any atom is -0.359 e. The largest absolute Gasteiger partial charge is 0.359 e. The van der Waals surface area contributed by atoms with Gasteiger partial charge in [0.1, 0.15) is 6.04 Å². The van der Waals surface area contributed by atoms with Crippen LogP contribution in [-0.2, 0) is 4.79 Å². The first-order valence-corrected chi connectivity index (χ1v) is 5.33. The lowest BCUT2D eigenvalue weighted by atomic mass is 10.2. The smallest absolute Gasteiger partial charge is 0.242 e. The average molecular weight is 232 g/mol. The molecule has 0 aromatic rings. The summed E-state index contributed by atoms with van der Waals surface area (Å²) in [5.74, 6) is -0.104. The van der Waals surface area contributed by atoms with Gasteiger partial charge in [-0.1, -0.05) is 0 Å². The first kappa shape index (κ1) is 14.1. The summed E-state index contributed by atoms with van der Waals surface area (Å²) in [4.78, 5) is 11.2. The number of thiocarbonyl (C=S) groups is 1. The van der Waals surface area contributed by atoms with E-state index in [1.54, 1.807) is 14.0 Å². The van der Waals surface area contributed by atoms with Crippen LogP contribution in [0.3, 0.4) is 0 Å². The number of likely N-dealkylation sites (N-methyl/N-ethyl adjacent to an activating group) is 1. The van der Waals surface area contributed by atoms with Crippen LogP contribution in [0.4, 0.5) is 0 Å². The second kappa shape index (κ2) is 6.58. The molecule has 15 heavy (non-hydrogen) atoms. The van der Waals surface area contributed by atoms with Crippen LogP contribution in [0.5, 0.6) is 0 Å². The highest BCUT2D eigenvalue weighted by atomic mass is 32.1. The number of rotatable bonds is 4. The Morgan fingerprint density at radius 1 is 1.27 bits per heavy atom. The lowest BCUT2D eigenvalue weighted by molar-refractivity contribution is -0.121. The molecule has 6 heteroatoms. The van der Waals surface area contributed by atoms with E-state index < -0.39 is 0 Å². The summed E-state index contributed by atoms with van der Waals surface area (Å²) >= 11 is 5.04. The molecular weight excluding hydrogens is 212 g/mol. The zero-order chi connectivity index (χ0) is 12.0. The maximum Gasteiger partial charge on any atom is 0.242 e. The monoisotopic (exact) mass is 232 g/mol. The summed E-state index contributed by atoms with van der Waals surface area (Å²) < 4.78 is 0. The van der Waals surface area contributed by atoms with Gasteiger partial charge in [0.05, 0.1) is 0 Å². The molecule has 0 saturated carbocycles. The third-order valence-corrected chi connectivity index (χ3v) is 2.37. The van der Waals surface area contributed by atoms with Gasteiger partial charge < -0.3 is 21.7 Å². The standard InChI is InChI=1S/C9H20N4OS/c1-5(10)6(2)12-9(15)13-7(3)8(14)11-4/h5-7H,10H2,1-4H3,(H,11,14)(H2,12,13,15)/t5-,6-,7?/m0/s1. The molecule has 1 unspecified atom stereocenters. The molecule has 0 spiro atoms. The van der Waals surface area contributed by atoms with Gasteiger partial charge in [0.2, 0.25) is 5.91 Å². The SMILES string of the molecule is CNC(=O)C(C)NC(=S)N[C@@H](C)[C@H](C)N. The molecule has 0 aromatic heterocycles. The van der Waals surface area contributed by atoms with Gasteiger partial charge in [-0.05, 0) is 33.0 Å². The lowest BCUT2D eigenvalue weighted by Gasteiger charge is -2.21. The molecule has 0 radical (unpaired) electrons. The molecule has 0 aliphatic rings. The first-order valence-electron chi connectivity index (χ1n) is 4.92. The van der Waals surface area contributed by atoms with Crippen LogP contribution in [0.15, 0.2) is 0 Å². The molecule has 0 saturated heterocycles. The van der Waals surface area contributed by atoms with E-state index in [1.807, 2.05) is 13.8 Å². The second-order valence-electron chi connectivity index (χ2n) is 3.60. The van der Waals surface area contributed by atoms with Crippen molar-refractivity contribution in [3.05, 3.63) is 0 Å². The summed E-state index contributed by atoms with van der Waals surface area (Å²) in [5, 5.41) is 8.85. The Balaban J connectivity index is 3.98. The van der Waals surface area contributed by atoms with Crippen molar-refractivity contribution in [1.29, 1.82) is 0 Å². The van der Waals surface area contributed by atoms with Crippen molar-refractivity contribution in [3.8, 4) is 0 Å². The molecule has 0 aliphatic heterocycles. The van der Waals surface area contributed by atoms with Crippen molar-refractivity contribution >= 4 is 23.2 Å². The predicted octanol–water partition coefficient (Wildman–Crippen LogP) is -0.679. The van der Waals surface area contributed by atoms with Crippen LogP contribution in [-0.4, -0.2) is 36.2 Å². The molecular formula is C9H20N4OS. The molecule has 0 fully saturated rings. The number of nitrogens with one attached hydrogen (secondary N) is 3. The van der Waals surface area contributed by atoms with Gasteiger partial charge in [-0.25, -0.2) is 0 Å². The minimum absolute atomic E-state index is 0.0000535. The average Bonchev–Trinajstić information content (AvgIpc) is 2.15. The van der Waals surface area contributed by atoms with Crippen molar-refractivity contribution < 1.29 is 4.79 Å². The predicted molar refractivity (Wildman–Crippen MR) is 65.5 cm³/mol. The molecule has 0 rings (SSSR count). The molecule has 0 bridgehead atoms. The van der Waals surface area contributed by atoms with Crippen molar-refractivity contribution in [2.45, 2.75) is 38.9 Å². The molecule has 88 valence electrons. The molecule has 0 aliphatic carbocycles. The number of hydrogen-bond acceptors (Lipinski definition) is 3. The Morgan fingerprint density at radius 3 is 2.20 bits per heavy atom. The fourth-order valence-corrected chi connectivity index (χ4v) is 1.22. The zero-order valence-electron chi connectivity index (χ0n) is 9.63. The normalized spacial score (nSPS) is 16.1. The minimum atomic E-state index is -0.352. The van der Waals surface area contributed by atoms with Gasteiger partial charge in [0.15, 0.2) is 5.11 Å². The number of hydrogen-bond donors (Lipinski definition) is 4. The van der Waals surface area contributed by atoms with Gasteiger partial charge in [0.25, 0.3) is 0 Å². The highest BCUT2D eigenvalue weighted by Crippen LogP contribution is 1.88. The number of nitrogens with two attached hydrogens (primary N) is 1. The van der Waals surface area contributed by atoms with E-state index in [2.05, 4.69) is 16.0 Å².